The summed E-state index contributed by atoms with van der Waals surface area (Å²) in [5.74, 6) is 2.86. The number of hydrogen-bond acceptors (Lipinski definition) is 3. The molecule has 4 saturated carbocycles. The first kappa shape index (κ1) is 26.0. The zero-order valence-corrected chi connectivity index (χ0v) is 22.9. The summed E-state index contributed by atoms with van der Waals surface area (Å²) in [6.07, 6.45) is 8.77. The summed E-state index contributed by atoms with van der Waals surface area (Å²) in [5.41, 5.74) is -0.224. The summed E-state index contributed by atoms with van der Waals surface area (Å²) in [7, 11) is 0. The van der Waals surface area contributed by atoms with Gasteiger partial charge in [0.25, 0.3) is 0 Å². The van der Waals surface area contributed by atoms with Crippen LogP contribution in [0, 0.1) is 57.2 Å². The van der Waals surface area contributed by atoms with Crippen LogP contribution < -0.4 is 0 Å². The minimum Gasteiger partial charge on any atom is -0.393 e. The predicted octanol–water partition coefficient (Wildman–Crippen LogP) is 6.44. The normalized spacial score (nSPS) is 52.2. The average Bonchev–Trinajstić information content (AvgIpc) is 3.07. The Morgan fingerprint density at radius 2 is 1.48 bits per heavy atom. The van der Waals surface area contributed by atoms with E-state index in [-0.39, 0.29) is 45.9 Å². The number of hydrogen-bond donors (Lipinski definition) is 3. The van der Waals surface area contributed by atoms with Crippen LogP contribution in [0.25, 0.3) is 0 Å². The van der Waals surface area contributed by atoms with Gasteiger partial charge >= 0.3 is 0 Å². The molecule has 3 N–H and O–H groups in total. The van der Waals surface area contributed by atoms with Crippen LogP contribution in [0.1, 0.15) is 113 Å². The fourth-order valence-electron chi connectivity index (χ4n) is 10.7. The third-order valence-corrected chi connectivity index (χ3v) is 12.5. The molecule has 0 saturated heterocycles. The Hall–Kier alpha value is -0.120. The van der Waals surface area contributed by atoms with Gasteiger partial charge in [-0.1, -0.05) is 74.7 Å². The molecule has 0 bridgehead atoms. The van der Waals surface area contributed by atoms with Gasteiger partial charge in [-0.3, -0.25) is 0 Å². The highest BCUT2D eigenvalue weighted by molar-refractivity contribution is 5.20. The molecule has 192 valence electrons. The Morgan fingerprint density at radius 3 is 2.12 bits per heavy atom. The molecule has 4 fully saturated rings. The molecule has 0 aromatic carbocycles. The highest BCUT2D eigenvalue weighted by Crippen LogP contribution is 2.75. The number of aliphatic hydroxyl groups excluding tert-OH is 3. The summed E-state index contributed by atoms with van der Waals surface area (Å²) in [5, 5.41) is 34.3. The molecular weight excluding hydrogens is 408 g/mol. The third kappa shape index (κ3) is 3.69. The van der Waals surface area contributed by atoms with E-state index in [4.69, 9.17) is 0 Å². The number of aliphatic hydroxyl groups is 3. The van der Waals surface area contributed by atoms with Crippen molar-refractivity contribution in [3.05, 3.63) is 0 Å². The van der Waals surface area contributed by atoms with Crippen molar-refractivity contribution >= 4 is 0 Å². The van der Waals surface area contributed by atoms with Gasteiger partial charge in [-0.2, -0.15) is 0 Å². The van der Waals surface area contributed by atoms with Crippen LogP contribution in [-0.4, -0.2) is 33.6 Å². The molecule has 4 aliphatic carbocycles. The smallest absolute Gasteiger partial charge is 0.0595 e. The fraction of sp³-hybridized carbons (Fsp3) is 1.00. The molecule has 11 atom stereocenters. The van der Waals surface area contributed by atoms with Crippen LogP contribution in [0.15, 0.2) is 0 Å². The van der Waals surface area contributed by atoms with Gasteiger partial charge < -0.3 is 15.3 Å². The van der Waals surface area contributed by atoms with Crippen LogP contribution in [0.3, 0.4) is 0 Å². The van der Waals surface area contributed by atoms with E-state index in [1.54, 1.807) is 0 Å². The Kier molecular flexibility index (Phi) is 6.67. The maximum atomic E-state index is 11.8. The SMILES string of the molecule is CC(C)CCC[C@@H](C)[C@H]1CC[C@]2(C)[C@@H]1[C@H](O)C[C@@H]1[C@@]3(C)CC[C@H](O)C(C)(C)[C@@H]3[C@@H](O)C[C@]12C. The first-order valence-electron chi connectivity index (χ1n) is 14.2. The van der Waals surface area contributed by atoms with Crippen molar-refractivity contribution in [2.45, 2.75) is 131 Å². The molecule has 0 amide bonds. The highest BCUT2D eigenvalue weighted by atomic mass is 16.3. The van der Waals surface area contributed by atoms with Gasteiger partial charge in [0.1, 0.15) is 0 Å². The predicted molar refractivity (Wildman–Crippen MR) is 136 cm³/mol. The monoisotopic (exact) mass is 462 g/mol. The van der Waals surface area contributed by atoms with Crippen LogP contribution in [0.2, 0.25) is 0 Å². The summed E-state index contributed by atoms with van der Waals surface area (Å²) >= 11 is 0. The van der Waals surface area contributed by atoms with Crippen molar-refractivity contribution in [3.63, 3.8) is 0 Å². The van der Waals surface area contributed by atoms with Gasteiger partial charge in [0.2, 0.25) is 0 Å². The Morgan fingerprint density at radius 1 is 0.818 bits per heavy atom. The molecular formula is C30H54O3. The van der Waals surface area contributed by atoms with Gasteiger partial charge in [-0.25, -0.2) is 0 Å². The first-order chi connectivity index (χ1) is 15.2. The molecule has 0 spiro atoms. The lowest BCUT2D eigenvalue weighted by Crippen LogP contribution is -2.69. The number of fused-ring (bicyclic) bond motifs is 5. The van der Waals surface area contributed by atoms with Gasteiger partial charge in [-0.05, 0) is 95.7 Å². The van der Waals surface area contributed by atoms with Gasteiger partial charge in [0.05, 0.1) is 18.3 Å². The van der Waals surface area contributed by atoms with E-state index in [1.807, 2.05) is 0 Å². The lowest BCUT2D eigenvalue weighted by Gasteiger charge is -2.71. The topological polar surface area (TPSA) is 60.7 Å². The Labute approximate surface area is 204 Å². The van der Waals surface area contributed by atoms with E-state index >= 15 is 0 Å². The summed E-state index contributed by atoms with van der Waals surface area (Å²) in [6.45, 7) is 18.8. The van der Waals surface area contributed by atoms with Crippen LogP contribution >= 0.6 is 0 Å². The van der Waals surface area contributed by atoms with Crippen molar-refractivity contribution in [2.24, 2.45) is 57.2 Å². The van der Waals surface area contributed by atoms with Gasteiger partial charge in [0.15, 0.2) is 0 Å². The molecule has 3 heteroatoms. The highest BCUT2D eigenvalue weighted by Gasteiger charge is 2.72. The average molecular weight is 463 g/mol. The number of rotatable bonds is 5. The van der Waals surface area contributed by atoms with Gasteiger partial charge in [0, 0.05) is 0 Å². The Balaban J connectivity index is 1.65. The Bertz CT molecular complexity index is 717. The minimum atomic E-state index is -0.378. The zero-order chi connectivity index (χ0) is 24.6. The first-order valence-corrected chi connectivity index (χ1v) is 14.2. The fourth-order valence-corrected chi connectivity index (χ4v) is 10.7. The quantitative estimate of drug-likeness (QED) is 0.441. The van der Waals surface area contributed by atoms with E-state index in [0.29, 0.717) is 23.7 Å². The second-order valence-corrected chi connectivity index (χ2v) is 14.9. The lowest BCUT2D eigenvalue weighted by molar-refractivity contribution is -0.272. The molecule has 33 heavy (non-hydrogen) atoms. The van der Waals surface area contributed by atoms with E-state index in [9.17, 15) is 15.3 Å². The zero-order valence-electron chi connectivity index (χ0n) is 22.9. The molecule has 3 nitrogen and oxygen atoms in total. The van der Waals surface area contributed by atoms with Crippen LogP contribution in [0.4, 0.5) is 0 Å². The van der Waals surface area contributed by atoms with E-state index in [2.05, 4.69) is 55.4 Å². The molecule has 0 heterocycles. The summed E-state index contributed by atoms with van der Waals surface area (Å²) < 4.78 is 0. The summed E-state index contributed by atoms with van der Waals surface area (Å²) in [6, 6.07) is 0. The largest absolute Gasteiger partial charge is 0.393 e. The maximum absolute atomic E-state index is 11.8. The van der Waals surface area contributed by atoms with E-state index in [1.165, 1.54) is 32.1 Å². The van der Waals surface area contributed by atoms with Crippen molar-refractivity contribution < 1.29 is 15.3 Å². The van der Waals surface area contributed by atoms with E-state index in [0.717, 1.165) is 31.6 Å². The molecule has 0 aromatic rings. The van der Waals surface area contributed by atoms with Crippen molar-refractivity contribution in [1.29, 1.82) is 0 Å². The van der Waals surface area contributed by atoms with Crippen molar-refractivity contribution in [3.8, 4) is 0 Å². The molecule has 4 rings (SSSR count). The minimum absolute atomic E-state index is 0.0341. The molecule has 0 aliphatic heterocycles. The summed E-state index contributed by atoms with van der Waals surface area (Å²) in [4.78, 5) is 0. The third-order valence-electron chi connectivity index (χ3n) is 12.5. The molecule has 0 aromatic heterocycles. The lowest BCUT2D eigenvalue weighted by atomic mass is 9.34. The van der Waals surface area contributed by atoms with Gasteiger partial charge in [-0.15, -0.1) is 0 Å². The van der Waals surface area contributed by atoms with Crippen molar-refractivity contribution in [2.75, 3.05) is 0 Å². The standard InChI is InChI=1S/C30H54O3/c1-18(2)10-9-11-19(3)20-12-15-29(7)25(20)21(31)16-23-28(6)14-13-24(33)27(4,5)26(28)22(32)17-30(23,29)8/h18-26,31-33H,9-17H2,1-8H3/t19-,20-,21-,22+,23-,24+,25+,26+,28-,29-,30-/m1/s1. The molecule has 4 aliphatic rings. The van der Waals surface area contributed by atoms with Crippen LogP contribution in [-0.2, 0) is 0 Å². The maximum Gasteiger partial charge on any atom is 0.0595 e. The molecule has 0 unspecified atom stereocenters. The second kappa shape index (κ2) is 8.48. The second-order valence-electron chi connectivity index (χ2n) is 14.9. The van der Waals surface area contributed by atoms with E-state index < -0.39 is 0 Å². The van der Waals surface area contributed by atoms with Crippen LogP contribution in [0.5, 0.6) is 0 Å². The molecule has 0 radical (unpaired) electrons. The van der Waals surface area contributed by atoms with Crippen molar-refractivity contribution in [1.82, 2.24) is 0 Å².